The molecule has 4 aromatic heterocycles. The van der Waals surface area contributed by atoms with Crippen molar-refractivity contribution in [2.24, 2.45) is 0 Å². The van der Waals surface area contributed by atoms with Gasteiger partial charge in [-0.15, -0.1) is 0 Å². The second-order valence-electron chi connectivity index (χ2n) is 6.77. The average Bonchev–Trinajstić information content (AvgIpc) is 3.47. The maximum atomic E-state index is 5.64. The molecule has 0 saturated heterocycles. The van der Waals surface area contributed by atoms with Crippen LogP contribution in [0.5, 0.6) is 0 Å². The minimum atomic E-state index is 0.653. The molecule has 0 aliphatic heterocycles. The molecule has 4 nitrogen and oxygen atoms in total. The topological polar surface area (TPSA) is 52.1 Å². The highest BCUT2D eigenvalue weighted by Crippen LogP contribution is 2.20. The molecule has 0 amide bonds. The Morgan fingerprint density at radius 3 is 1.53 bits per heavy atom. The second-order valence-corrected chi connectivity index (χ2v) is 6.77. The number of furan rings is 2. The van der Waals surface area contributed by atoms with Gasteiger partial charge in [0.2, 0.25) is 0 Å². The lowest BCUT2D eigenvalue weighted by Crippen LogP contribution is -1.88. The molecule has 0 aliphatic rings. The van der Waals surface area contributed by atoms with Gasteiger partial charge in [-0.25, -0.2) is 0 Å². The van der Waals surface area contributed by atoms with Crippen LogP contribution in [-0.2, 0) is 0 Å². The molecule has 0 radical (unpaired) electrons. The summed E-state index contributed by atoms with van der Waals surface area (Å²) in [5, 5.41) is 0. The quantitative estimate of drug-likeness (QED) is 0.353. The first-order valence-electron chi connectivity index (χ1n) is 10.1. The predicted octanol–water partition coefficient (Wildman–Crippen LogP) is 6.41. The van der Waals surface area contributed by atoms with Crippen molar-refractivity contribution in [1.29, 1.82) is 0 Å². The van der Waals surface area contributed by atoms with E-state index in [1.54, 1.807) is 26.2 Å². The van der Waals surface area contributed by atoms with Crippen LogP contribution in [-0.4, -0.2) is 9.97 Å². The summed E-state index contributed by atoms with van der Waals surface area (Å²) in [7, 11) is 0. The van der Waals surface area contributed by atoms with Crippen LogP contribution in [0.4, 0.5) is 0 Å². The van der Waals surface area contributed by atoms with Crippen molar-refractivity contribution in [3.8, 4) is 35.1 Å². The summed E-state index contributed by atoms with van der Waals surface area (Å²) in [5.74, 6) is 14.3. The van der Waals surface area contributed by atoms with E-state index in [0.29, 0.717) is 11.5 Å². The van der Waals surface area contributed by atoms with Crippen molar-refractivity contribution in [2.45, 2.75) is 13.8 Å². The Labute approximate surface area is 187 Å². The molecule has 4 aromatic rings. The third-order valence-electron chi connectivity index (χ3n) is 4.46. The summed E-state index contributed by atoms with van der Waals surface area (Å²) in [5.41, 5.74) is 3.57. The molecule has 4 rings (SSSR count). The Balaban J connectivity index is 1.52. The van der Waals surface area contributed by atoms with Crippen LogP contribution in [0.2, 0.25) is 0 Å². The first kappa shape index (κ1) is 20.7. The van der Waals surface area contributed by atoms with E-state index in [2.05, 4.69) is 33.6 Å². The Hall–Kier alpha value is -4.54. The van der Waals surface area contributed by atoms with Gasteiger partial charge < -0.3 is 8.83 Å². The van der Waals surface area contributed by atoms with E-state index in [4.69, 9.17) is 8.83 Å². The highest BCUT2D eigenvalue weighted by atomic mass is 16.3. The second kappa shape index (κ2) is 9.98. The van der Waals surface area contributed by atoms with Gasteiger partial charge in [-0.05, 0) is 97.5 Å². The maximum absolute atomic E-state index is 5.64. The van der Waals surface area contributed by atoms with Gasteiger partial charge in [-0.3, -0.25) is 9.97 Å². The molecular weight excluding hydrogens is 396 g/mol. The number of hydrogen-bond acceptors (Lipinski definition) is 4. The first-order valence-corrected chi connectivity index (χ1v) is 10.1. The Morgan fingerprint density at radius 1 is 0.625 bits per heavy atom. The van der Waals surface area contributed by atoms with Gasteiger partial charge >= 0.3 is 0 Å². The van der Waals surface area contributed by atoms with E-state index in [1.807, 2.05) is 72.8 Å². The summed E-state index contributed by atoms with van der Waals surface area (Å²) in [4.78, 5) is 8.96. The number of aromatic nitrogens is 2. The lowest BCUT2D eigenvalue weighted by atomic mass is 10.1. The smallest absolute Gasteiger partial charge is 0.177 e. The van der Waals surface area contributed by atoms with Crippen LogP contribution in [0.3, 0.4) is 0 Å². The number of hydrogen-bond donors (Lipinski definition) is 0. The van der Waals surface area contributed by atoms with Crippen molar-refractivity contribution < 1.29 is 8.83 Å². The fourth-order valence-electron chi connectivity index (χ4n) is 3.00. The SMILES string of the molecule is CC#Cc1ccc(/C=C/c2ccnc(-c3cc(/C=C/c4ccc(C#CC)o4)ccn3)c2)o1. The van der Waals surface area contributed by atoms with E-state index in [9.17, 15) is 0 Å². The third-order valence-corrected chi connectivity index (χ3v) is 4.46. The standard InChI is InChI=1S/C28H20N2O2/c1-3-5-23-11-13-25(31-23)9-7-21-15-17-29-27(19-21)28-20-22(16-18-30-28)8-10-26-14-12-24(32-26)6-4-2/h7-20H,1-2H3/b9-7+,10-8+. The van der Waals surface area contributed by atoms with Crippen molar-refractivity contribution in [3.63, 3.8) is 0 Å². The van der Waals surface area contributed by atoms with Gasteiger partial charge in [-0.2, -0.15) is 0 Å². The molecule has 0 spiro atoms. The van der Waals surface area contributed by atoms with Crippen molar-refractivity contribution >= 4 is 24.3 Å². The van der Waals surface area contributed by atoms with Gasteiger partial charge in [0.25, 0.3) is 0 Å². The first-order chi connectivity index (χ1) is 15.7. The molecule has 0 bridgehead atoms. The molecule has 154 valence electrons. The normalized spacial score (nSPS) is 10.7. The molecule has 4 heteroatoms. The maximum Gasteiger partial charge on any atom is 0.177 e. The van der Waals surface area contributed by atoms with Crippen LogP contribution in [0.15, 0.2) is 69.8 Å². The predicted molar refractivity (Wildman–Crippen MR) is 128 cm³/mol. The molecule has 0 fully saturated rings. The fraction of sp³-hybridized carbons (Fsp3) is 0.0714. The minimum absolute atomic E-state index is 0.653. The van der Waals surface area contributed by atoms with Crippen LogP contribution >= 0.6 is 0 Å². The van der Waals surface area contributed by atoms with E-state index < -0.39 is 0 Å². The highest BCUT2D eigenvalue weighted by molar-refractivity contribution is 5.72. The third kappa shape index (κ3) is 5.33. The van der Waals surface area contributed by atoms with E-state index >= 15 is 0 Å². The Bertz CT molecular complexity index is 1300. The molecule has 0 saturated carbocycles. The van der Waals surface area contributed by atoms with Gasteiger partial charge in [-0.1, -0.05) is 24.0 Å². The van der Waals surface area contributed by atoms with Gasteiger partial charge in [0.15, 0.2) is 11.5 Å². The van der Waals surface area contributed by atoms with Crippen molar-refractivity contribution in [1.82, 2.24) is 9.97 Å². The largest absolute Gasteiger partial charge is 0.448 e. The van der Waals surface area contributed by atoms with Gasteiger partial charge in [0.05, 0.1) is 11.4 Å². The fourth-order valence-corrected chi connectivity index (χ4v) is 3.00. The molecule has 4 heterocycles. The molecule has 0 aliphatic carbocycles. The van der Waals surface area contributed by atoms with Gasteiger partial charge in [0, 0.05) is 12.4 Å². The van der Waals surface area contributed by atoms with Gasteiger partial charge in [0.1, 0.15) is 11.5 Å². The average molecular weight is 416 g/mol. The van der Waals surface area contributed by atoms with Crippen LogP contribution < -0.4 is 0 Å². The molecule has 0 atom stereocenters. The molecule has 0 N–H and O–H groups in total. The summed E-state index contributed by atoms with van der Waals surface area (Å²) < 4.78 is 11.3. The van der Waals surface area contributed by atoms with E-state index in [1.165, 1.54) is 0 Å². The lowest BCUT2D eigenvalue weighted by Gasteiger charge is -2.02. The monoisotopic (exact) mass is 416 g/mol. The number of nitrogens with zero attached hydrogens (tertiary/aromatic N) is 2. The van der Waals surface area contributed by atoms with E-state index in [-0.39, 0.29) is 0 Å². The summed E-state index contributed by atoms with van der Waals surface area (Å²) in [6.45, 7) is 3.57. The number of rotatable bonds is 5. The van der Waals surface area contributed by atoms with Crippen LogP contribution in [0.25, 0.3) is 35.7 Å². The zero-order valence-corrected chi connectivity index (χ0v) is 17.8. The van der Waals surface area contributed by atoms with Crippen molar-refractivity contribution in [2.75, 3.05) is 0 Å². The zero-order chi connectivity index (χ0) is 22.2. The summed E-state index contributed by atoms with van der Waals surface area (Å²) >= 11 is 0. The lowest BCUT2D eigenvalue weighted by molar-refractivity contribution is 0.544. The molecule has 0 aromatic carbocycles. The van der Waals surface area contributed by atoms with Crippen LogP contribution in [0, 0.1) is 23.7 Å². The number of pyridine rings is 2. The molecule has 32 heavy (non-hydrogen) atoms. The van der Waals surface area contributed by atoms with Crippen molar-refractivity contribution in [3.05, 3.63) is 95.1 Å². The summed E-state index contributed by atoms with van der Waals surface area (Å²) in [6, 6.07) is 15.4. The highest BCUT2D eigenvalue weighted by Gasteiger charge is 2.03. The van der Waals surface area contributed by atoms with E-state index in [0.717, 1.165) is 34.0 Å². The molecule has 0 unspecified atom stereocenters. The summed E-state index contributed by atoms with van der Waals surface area (Å²) in [6.07, 6.45) is 11.3. The Kier molecular flexibility index (Phi) is 6.46. The zero-order valence-electron chi connectivity index (χ0n) is 17.8. The van der Waals surface area contributed by atoms with Crippen LogP contribution in [0.1, 0.15) is 48.0 Å². The molecular formula is C28H20N2O2. The minimum Gasteiger partial charge on any atom is -0.448 e. The Morgan fingerprint density at radius 2 is 1.09 bits per heavy atom.